The maximum Gasteiger partial charge on any atom is 0.434 e. The Bertz CT molecular complexity index is 623. The zero-order chi connectivity index (χ0) is 18.6. The third-order valence-corrected chi connectivity index (χ3v) is 5.15. The molecule has 11 heteroatoms. The first-order chi connectivity index (χ1) is 12.5. The second kappa shape index (κ2) is 10.2. The molecule has 3 rings (SSSR count). The van der Waals surface area contributed by atoms with Crippen molar-refractivity contribution < 1.29 is 22.6 Å². The number of aromatic nitrogens is 1. The van der Waals surface area contributed by atoms with Gasteiger partial charge in [0.1, 0.15) is 11.1 Å². The molecular weight excluding hydrogens is 496 g/mol. The molecule has 1 N–H and O–H groups in total. The second-order valence-electron chi connectivity index (χ2n) is 6.20. The van der Waals surface area contributed by atoms with E-state index in [1.807, 2.05) is 6.92 Å². The zero-order valence-electron chi connectivity index (χ0n) is 15.0. The fourth-order valence-corrected chi connectivity index (χ4v) is 3.79. The molecule has 2 unspecified atom stereocenters. The van der Waals surface area contributed by atoms with E-state index in [1.165, 1.54) is 0 Å². The number of ether oxygens (including phenoxy) is 2. The van der Waals surface area contributed by atoms with Crippen molar-refractivity contribution in [1.29, 1.82) is 0 Å². The predicted octanol–water partition coefficient (Wildman–Crippen LogP) is 3.13. The third-order valence-electron chi connectivity index (χ3n) is 4.31. The molecule has 2 atom stereocenters. The van der Waals surface area contributed by atoms with Crippen molar-refractivity contribution >= 4 is 41.3 Å². The summed E-state index contributed by atoms with van der Waals surface area (Å²) in [5.74, 6) is 0.669. The van der Waals surface area contributed by atoms with Crippen molar-refractivity contribution in [2.75, 3.05) is 32.8 Å². The zero-order valence-corrected chi connectivity index (χ0v) is 18.1. The molecule has 0 aromatic carbocycles. The molecule has 0 amide bonds. The molecule has 0 radical (unpaired) electrons. The number of hydrogen-bond acceptors (Lipinski definition) is 5. The molecule has 0 aliphatic carbocycles. The van der Waals surface area contributed by atoms with Crippen molar-refractivity contribution in [3.05, 3.63) is 16.1 Å². The molecule has 0 bridgehead atoms. The van der Waals surface area contributed by atoms with Gasteiger partial charge in [-0.05, 0) is 19.8 Å². The van der Waals surface area contributed by atoms with Crippen molar-refractivity contribution in [1.82, 2.24) is 15.2 Å². The molecule has 0 saturated carbocycles. The van der Waals surface area contributed by atoms with Crippen LogP contribution in [0, 0.1) is 0 Å². The van der Waals surface area contributed by atoms with Crippen molar-refractivity contribution in [2.24, 2.45) is 4.99 Å². The van der Waals surface area contributed by atoms with Crippen LogP contribution in [0.1, 0.15) is 30.5 Å². The summed E-state index contributed by atoms with van der Waals surface area (Å²) >= 11 is 0.975. The Labute approximate surface area is 177 Å². The minimum atomic E-state index is -4.42. The molecule has 2 aliphatic heterocycles. The minimum Gasteiger partial charge on any atom is -0.375 e. The normalized spacial score (nSPS) is 24.0. The van der Waals surface area contributed by atoms with Crippen molar-refractivity contribution in [3.8, 4) is 0 Å². The number of rotatable bonds is 4. The van der Waals surface area contributed by atoms with Crippen LogP contribution in [0.5, 0.6) is 0 Å². The number of halogens is 4. The molecule has 0 spiro atoms. The number of thiazole rings is 1. The van der Waals surface area contributed by atoms with Gasteiger partial charge < -0.3 is 19.7 Å². The quantitative estimate of drug-likeness (QED) is 0.376. The van der Waals surface area contributed by atoms with E-state index in [0.717, 1.165) is 36.2 Å². The Kier molecular flexibility index (Phi) is 8.56. The van der Waals surface area contributed by atoms with Crippen molar-refractivity contribution in [3.63, 3.8) is 0 Å². The highest BCUT2D eigenvalue weighted by molar-refractivity contribution is 14.0. The van der Waals surface area contributed by atoms with Crippen LogP contribution in [0.3, 0.4) is 0 Å². The lowest BCUT2D eigenvalue weighted by Crippen LogP contribution is -2.53. The van der Waals surface area contributed by atoms with Gasteiger partial charge in [0.05, 0.1) is 19.3 Å². The Balaban J connectivity index is 0.00000261. The Morgan fingerprint density at radius 2 is 2.15 bits per heavy atom. The number of alkyl halides is 3. The van der Waals surface area contributed by atoms with Gasteiger partial charge in [-0.25, -0.2) is 9.98 Å². The summed E-state index contributed by atoms with van der Waals surface area (Å²) in [5, 5.41) is 4.58. The second-order valence-corrected chi connectivity index (χ2v) is 7.14. The van der Waals surface area contributed by atoms with Gasteiger partial charge in [-0.3, -0.25) is 0 Å². The molecule has 3 heterocycles. The van der Waals surface area contributed by atoms with E-state index in [0.29, 0.717) is 37.2 Å². The average Bonchev–Trinajstić information content (AvgIpc) is 3.30. The fourth-order valence-electron chi connectivity index (χ4n) is 3.07. The highest BCUT2D eigenvalue weighted by Gasteiger charge is 2.34. The first kappa shape index (κ1) is 22.6. The number of nitrogens with one attached hydrogen (secondary N) is 1. The number of hydrogen-bond donors (Lipinski definition) is 1. The van der Waals surface area contributed by atoms with Gasteiger partial charge in [0, 0.05) is 31.6 Å². The lowest BCUT2D eigenvalue weighted by Gasteiger charge is -2.37. The smallest absolute Gasteiger partial charge is 0.375 e. The van der Waals surface area contributed by atoms with E-state index in [4.69, 9.17) is 9.47 Å². The molecular formula is C16H24F3IN4O2S. The molecule has 1 aromatic rings. The SMILES string of the molecule is CCNC(=NCc1nc(C(F)(F)F)cs1)N1CCOC(C2CCCO2)C1.I. The van der Waals surface area contributed by atoms with Gasteiger partial charge in [0.25, 0.3) is 0 Å². The van der Waals surface area contributed by atoms with Crippen molar-refractivity contribution in [2.45, 2.75) is 44.7 Å². The lowest BCUT2D eigenvalue weighted by atomic mass is 10.1. The van der Waals surface area contributed by atoms with E-state index >= 15 is 0 Å². The topological polar surface area (TPSA) is 59.0 Å². The molecule has 27 heavy (non-hydrogen) atoms. The molecule has 6 nitrogen and oxygen atoms in total. The predicted molar refractivity (Wildman–Crippen MR) is 108 cm³/mol. The van der Waals surface area contributed by atoms with Crippen LogP contribution in [0.15, 0.2) is 10.4 Å². The number of aliphatic imine (C=N–C) groups is 1. The Morgan fingerprint density at radius 3 is 2.78 bits per heavy atom. The van der Waals surface area contributed by atoms with Crippen LogP contribution in [-0.2, 0) is 22.2 Å². The minimum absolute atomic E-state index is 0. The number of guanidine groups is 1. The highest BCUT2D eigenvalue weighted by Crippen LogP contribution is 2.30. The van der Waals surface area contributed by atoms with Crippen LogP contribution >= 0.6 is 35.3 Å². The first-order valence-electron chi connectivity index (χ1n) is 8.75. The standard InChI is InChI=1S/C16H23F3N4O2S.HI/c1-2-20-15(21-8-14-22-13(10-26-14)16(17,18)19)23-5-7-25-12(9-23)11-4-3-6-24-11;/h10-12H,2-9H2,1H3,(H,20,21);1H. The Hall–Kier alpha value is -0.660. The van der Waals surface area contributed by atoms with E-state index in [2.05, 4.69) is 20.2 Å². The Morgan fingerprint density at radius 1 is 1.37 bits per heavy atom. The first-order valence-corrected chi connectivity index (χ1v) is 9.63. The van der Waals surface area contributed by atoms with E-state index in [9.17, 15) is 13.2 Å². The molecule has 1 aromatic heterocycles. The largest absolute Gasteiger partial charge is 0.434 e. The maximum atomic E-state index is 12.7. The molecule has 154 valence electrons. The molecule has 2 fully saturated rings. The van der Waals surface area contributed by atoms with Gasteiger partial charge in [0.2, 0.25) is 0 Å². The maximum absolute atomic E-state index is 12.7. The fraction of sp³-hybridized carbons (Fsp3) is 0.750. The summed E-state index contributed by atoms with van der Waals surface area (Å²) in [6, 6.07) is 0. The average molecular weight is 520 g/mol. The van der Waals surface area contributed by atoms with Crippen LogP contribution in [0.25, 0.3) is 0 Å². The van der Waals surface area contributed by atoms with Gasteiger partial charge in [-0.15, -0.1) is 35.3 Å². The van der Waals surface area contributed by atoms with E-state index in [1.54, 1.807) is 0 Å². The summed E-state index contributed by atoms with van der Waals surface area (Å²) in [4.78, 5) is 10.2. The van der Waals surface area contributed by atoms with Gasteiger partial charge in [-0.1, -0.05) is 0 Å². The summed E-state index contributed by atoms with van der Waals surface area (Å²) in [6.07, 6.45) is -2.28. The summed E-state index contributed by atoms with van der Waals surface area (Å²) in [6.45, 7) is 5.42. The van der Waals surface area contributed by atoms with E-state index in [-0.39, 0.29) is 42.7 Å². The summed E-state index contributed by atoms with van der Waals surface area (Å²) in [7, 11) is 0. The van der Waals surface area contributed by atoms with Crippen LogP contribution < -0.4 is 5.32 Å². The van der Waals surface area contributed by atoms with Crippen LogP contribution in [0.4, 0.5) is 13.2 Å². The number of morpholine rings is 1. The van der Waals surface area contributed by atoms with Gasteiger partial charge in [0.15, 0.2) is 11.7 Å². The highest BCUT2D eigenvalue weighted by atomic mass is 127. The van der Waals surface area contributed by atoms with E-state index < -0.39 is 11.9 Å². The third kappa shape index (κ3) is 6.16. The van der Waals surface area contributed by atoms with Crippen LogP contribution in [-0.4, -0.2) is 60.9 Å². The van der Waals surface area contributed by atoms with Crippen LogP contribution in [0.2, 0.25) is 0 Å². The summed E-state index contributed by atoms with van der Waals surface area (Å²) in [5.41, 5.74) is -0.859. The van der Waals surface area contributed by atoms with Gasteiger partial charge >= 0.3 is 6.18 Å². The number of nitrogens with zero attached hydrogens (tertiary/aromatic N) is 3. The summed E-state index contributed by atoms with van der Waals surface area (Å²) < 4.78 is 49.6. The van der Waals surface area contributed by atoms with Gasteiger partial charge in [-0.2, -0.15) is 13.2 Å². The molecule has 2 aliphatic rings. The molecule has 2 saturated heterocycles. The lowest BCUT2D eigenvalue weighted by molar-refractivity contribution is -0.140. The monoisotopic (exact) mass is 520 g/mol.